The van der Waals surface area contributed by atoms with Crippen LogP contribution in [0.4, 0.5) is 0 Å². The maximum atomic E-state index is 11.7. The van der Waals surface area contributed by atoms with Gasteiger partial charge in [-0.2, -0.15) is 0 Å². The standard InChI is InChI=1S/C11H15NO2/c1-8(7-12)11(13)9-3-5-10(14-2)6-4-9/h3-6,8H,7,12H2,1-2H3. The number of carbonyl (C=O) groups is 1. The number of nitrogens with two attached hydrogens (primary N) is 1. The minimum Gasteiger partial charge on any atom is -0.497 e. The largest absolute Gasteiger partial charge is 0.497 e. The first-order chi connectivity index (χ1) is 6.69. The highest BCUT2D eigenvalue weighted by molar-refractivity contribution is 5.97. The van der Waals surface area contributed by atoms with E-state index in [4.69, 9.17) is 10.5 Å². The van der Waals surface area contributed by atoms with E-state index >= 15 is 0 Å². The highest BCUT2D eigenvalue weighted by Crippen LogP contribution is 2.14. The normalized spacial score (nSPS) is 12.2. The Hall–Kier alpha value is -1.35. The van der Waals surface area contributed by atoms with Crippen molar-refractivity contribution in [3.8, 4) is 5.75 Å². The molecule has 0 radical (unpaired) electrons. The molecule has 0 aliphatic heterocycles. The molecule has 76 valence electrons. The molecule has 0 saturated heterocycles. The fourth-order valence-corrected chi connectivity index (χ4v) is 1.15. The van der Waals surface area contributed by atoms with Crippen LogP contribution in [0.15, 0.2) is 24.3 Å². The third-order valence-corrected chi connectivity index (χ3v) is 2.18. The van der Waals surface area contributed by atoms with E-state index in [1.807, 2.05) is 6.92 Å². The van der Waals surface area contributed by atoms with Gasteiger partial charge in [-0.05, 0) is 24.3 Å². The number of hydrogen-bond donors (Lipinski definition) is 1. The molecular formula is C11H15NO2. The monoisotopic (exact) mass is 193 g/mol. The van der Waals surface area contributed by atoms with Crippen LogP contribution in [0.3, 0.4) is 0 Å². The molecule has 1 unspecified atom stereocenters. The summed E-state index contributed by atoms with van der Waals surface area (Å²) in [5.41, 5.74) is 6.10. The quantitative estimate of drug-likeness (QED) is 0.737. The van der Waals surface area contributed by atoms with Gasteiger partial charge < -0.3 is 10.5 Å². The van der Waals surface area contributed by atoms with Crippen LogP contribution in [0.5, 0.6) is 5.75 Å². The molecule has 0 bridgehead atoms. The third kappa shape index (κ3) is 2.33. The van der Waals surface area contributed by atoms with E-state index in [1.165, 1.54) is 0 Å². The molecule has 0 spiro atoms. The third-order valence-electron chi connectivity index (χ3n) is 2.18. The lowest BCUT2D eigenvalue weighted by Crippen LogP contribution is -2.20. The predicted molar refractivity (Wildman–Crippen MR) is 55.5 cm³/mol. The van der Waals surface area contributed by atoms with E-state index in [-0.39, 0.29) is 11.7 Å². The van der Waals surface area contributed by atoms with Gasteiger partial charge in [0, 0.05) is 18.0 Å². The van der Waals surface area contributed by atoms with Gasteiger partial charge in [-0.25, -0.2) is 0 Å². The van der Waals surface area contributed by atoms with Crippen LogP contribution in [0.25, 0.3) is 0 Å². The SMILES string of the molecule is COc1ccc(C(=O)C(C)CN)cc1. The van der Waals surface area contributed by atoms with Crippen LogP contribution < -0.4 is 10.5 Å². The topological polar surface area (TPSA) is 52.3 Å². The smallest absolute Gasteiger partial charge is 0.166 e. The Bertz CT molecular complexity index is 306. The van der Waals surface area contributed by atoms with Crippen LogP contribution in [0, 0.1) is 5.92 Å². The van der Waals surface area contributed by atoms with Crippen molar-refractivity contribution in [1.29, 1.82) is 0 Å². The number of benzene rings is 1. The second-order valence-corrected chi connectivity index (χ2v) is 3.23. The second kappa shape index (κ2) is 4.77. The van der Waals surface area contributed by atoms with Crippen molar-refractivity contribution < 1.29 is 9.53 Å². The van der Waals surface area contributed by atoms with Crippen LogP contribution in [0.1, 0.15) is 17.3 Å². The Morgan fingerprint density at radius 2 is 2.00 bits per heavy atom. The summed E-state index contributed by atoms with van der Waals surface area (Å²) in [5, 5.41) is 0. The molecule has 1 rings (SSSR count). The second-order valence-electron chi connectivity index (χ2n) is 3.23. The molecular weight excluding hydrogens is 178 g/mol. The summed E-state index contributed by atoms with van der Waals surface area (Å²) in [5.74, 6) is 0.709. The lowest BCUT2D eigenvalue weighted by atomic mass is 10.00. The first kappa shape index (κ1) is 10.7. The Labute approximate surface area is 83.9 Å². The minimum atomic E-state index is -0.122. The number of ether oxygens (including phenoxy) is 1. The van der Waals surface area contributed by atoms with Crippen molar-refractivity contribution in [1.82, 2.24) is 0 Å². The molecule has 0 aliphatic rings. The van der Waals surface area contributed by atoms with Gasteiger partial charge in [0.15, 0.2) is 5.78 Å². The summed E-state index contributed by atoms with van der Waals surface area (Å²) in [7, 11) is 1.60. The van der Waals surface area contributed by atoms with Crippen molar-refractivity contribution in [2.45, 2.75) is 6.92 Å². The van der Waals surface area contributed by atoms with Gasteiger partial charge >= 0.3 is 0 Å². The molecule has 3 nitrogen and oxygen atoms in total. The average Bonchev–Trinajstić information content (AvgIpc) is 2.27. The number of rotatable bonds is 4. The van der Waals surface area contributed by atoms with Crippen LogP contribution >= 0.6 is 0 Å². The molecule has 14 heavy (non-hydrogen) atoms. The minimum absolute atomic E-state index is 0.0788. The number of hydrogen-bond acceptors (Lipinski definition) is 3. The Kier molecular flexibility index (Phi) is 3.65. The summed E-state index contributed by atoms with van der Waals surface area (Å²) in [4.78, 5) is 11.7. The predicted octanol–water partition coefficient (Wildman–Crippen LogP) is 1.47. The molecule has 0 aromatic heterocycles. The zero-order valence-corrected chi connectivity index (χ0v) is 8.49. The fourth-order valence-electron chi connectivity index (χ4n) is 1.15. The van der Waals surface area contributed by atoms with E-state index in [0.29, 0.717) is 12.1 Å². The van der Waals surface area contributed by atoms with Gasteiger partial charge in [0.2, 0.25) is 0 Å². The molecule has 1 atom stereocenters. The van der Waals surface area contributed by atoms with Crippen molar-refractivity contribution in [2.24, 2.45) is 11.7 Å². The van der Waals surface area contributed by atoms with Crippen LogP contribution in [0.2, 0.25) is 0 Å². The van der Waals surface area contributed by atoms with E-state index < -0.39 is 0 Å². The maximum absolute atomic E-state index is 11.7. The molecule has 0 aliphatic carbocycles. The maximum Gasteiger partial charge on any atom is 0.166 e. The van der Waals surface area contributed by atoms with Gasteiger partial charge in [-0.3, -0.25) is 4.79 Å². The highest BCUT2D eigenvalue weighted by atomic mass is 16.5. The molecule has 1 aromatic rings. The summed E-state index contributed by atoms with van der Waals surface area (Å²) >= 11 is 0. The lowest BCUT2D eigenvalue weighted by Gasteiger charge is -2.07. The van der Waals surface area contributed by atoms with Gasteiger partial charge in [-0.1, -0.05) is 6.92 Å². The van der Waals surface area contributed by atoms with E-state index in [0.717, 1.165) is 5.75 Å². The molecule has 3 heteroatoms. The Balaban J connectivity index is 2.81. The van der Waals surface area contributed by atoms with Gasteiger partial charge in [0.1, 0.15) is 5.75 Å². The number of carbonyl (C=O) groups excluding carboxylic acids is 1. The molecule has 2 N–H and O–H groups in total. The zero-order valence-electron chi connectivity index (χ0n) is 8.49. The van der Waals surface area contributed by atoms with E-state index in [9.17, 15) is 4.79 Å². The molecule has 0 heterocycles. The fraction of sp³-hybridized carbons (Fsp3) is 0.364. The van der Waals surface area contributed by atoms with E-state index in [2.05, 4.69) is 0 Å². The van der Waals surface area contributed by atoms with Crippen molar-refractivity contribution in [2.75, 3.05) is 13.7 Å². The lowest BCUT2D eigenvalue weighted by molar-refractivity contribution is 0.0934. The van der Waals surface area contributed by atoms with Gasteiger partial charge in [-0.15, -0.1) is 0 Å². The molecule has 0 saturated carbocycles. The summed E-state index contributed by atoms with van der Waals surface area (Å²) < 4.78 is 5.00. The van der Waals surface area contributed by atoms with Crippen molar-refractivity contribution in [3.63, 3.8) is 0 Å². The summed E-state index contributed by atoms with van der Waals surface area (Å²) in [6.45, 7) is 2.21. The average molecular weight is 193 g/mol. The van der Waals surface area contributed by atoms with E-state index in [1.54, 1.807) is 31.4 Å². The Morgan fingerprint density at radius 3 is 2.43 bits per heavy atom. The molecule has 0 fully saturated rings. The highest BCUT2D eigenvalue weighted by Gasteiger charge is 2.12. The molecule has 0 amide bonds. The van der Waals surface area contributed by atoms with Gasteiger partial charge in [0.05, 0.1) is 7.11 Å². The number of Topliss-reactive ketones (excluding diaryl/α,β-unsaturated/α-hetero) is 1. The summed E-state index contributed by atoms with van der Waals surface area (Å²) in [6, 6.07) is 7.06. The first-order valence-electron chi connectivity index (χ1n) is 4.57. The van der Waals surface area contributed by atoms with Gasteiger partial charge in [0.25, 0.3) is 0 Å². The van der Waals surface area contributed by atoms with Crippen LogP contribution in [-0.4, -0.2) is 19.4 Å². The Morgan fingerprint density at radius 1 is 1.43 bits per heavy atom. The first-order valence-corrected chi connectivity index (χ1v) is 4.57. The summed E-state index contributed by atoms with van der Waals surface area (Å²) in [6.07, 6.45) is 0. The zero-order chi connectivity index (χ0) is 10.6. The number of ketones is 1. The number of methoxy groups -OCH3 is 1. The van der Waals surface area contributed by atoms with Crippen LogP contribution in [-0.2, 0) is 0 Å². The van der Waals surface area contributed by atoms with Crippen molar-refractivity contribution in [3.05, 3.63) is 29.8 Å². The molecule has 1 aromatic carbocycles. The van der Waals surface area contributed by atoms with Crippen molar-refractivity contribution >= 4 is 5.78 Å².